The van der Waals surface area contributed by atoms with Gasteiger partial charge in [-0.05, 0) is 77.9 Å². The van der Waals surface area contributed by atoms with Crippen molar-refractivity contribution in [1.82, 2.24) is 19.9 Å². The van der Waals surface area contributed by atoms with Crippen LogP contribution >= 0.6 is 0 Å². The highest BCUT2D eigenvalue weighted by molar-refractivity contribution is 5.87. The first-order valence-electron chi connectivity index (χ1n) is 14.8. The molecule has 45 heavy (non-hydrogen) atoms. The monoisotopic (exact) mass is 579 g/mol. The van der Waals surface area contributed by atoms with Gasteiger partial charge < -0.3 is 0 Å². The van der Waals surface area contributed by atoms with Crippen molar-refractivity contribution in [2.45, 2.75) is 6.92 Å². The third-order valence-corrected chi connectivity index (χ3v) is 7.71. The average Bonchev–Trinajstić information content (AvgIpc) is 3.12. The van der Waals surface area contributed by atoms with Gasteiger partial charge in [0, 0.05) is 28.3 Å². The molecule has 0 saturated heterocycles. The minimum atomic E-state index is 0.595. The topological polar surface area (TPSA) is 63.9 Å². The van der Waals surface area contributed by atoms with Crippen LogP contribution in [0.3, 0.4) is 0 Å². The van der Waals surface area contributed by atoms with Gasteiger partial charge in [0.1, 0.15) is 0 Å². The Morgan fingerprint density at radius 1 is 0.533 bits per heavy atom. The lowest BCUT2D eigenvalue weighted by Crippen LogP contribution is -2.00. The Bertz CT molecular complexity index is 2130. The zero-order valence-corrected chi connectivity index (χ0v) is 24.8. The molecule has 0 aliphatic carbocycles. The van der Waals surface area contributed by atoms with Crippen molar-refractivity contribution in [2.24, 2.45) is 4.99 Å². The molecule has 5 aromatic carbocycles. The van der Waals surface area contributed by atoms with E-state index in [2.05, 4.69) is 77.4 Å². The lowest BCUT2D eigenvalue weighted by Gasteiger charge is -2.13. The molecule has 214 valence electrons. The maximum absolute atomic E-state index is 5.02. The molecule has 5 heteroatoms. The summed E-state index contributed by atoms with van der Waals surface area (Å²) in [5.74, 6) is 1.84. The fraction of sp³-hybridized carbons (Fsp3) is 0.0250. The molecule has 0 amide bonds. The van der Waals surface area contributed by atoms with Crippen LogP contribution in [0.1, 0.15) is 12.5 Å². The van der Waals surface area contributed by atoms with Gasteiger partial charge in [0.15, 0.2) is 17.5 Å². The van der Waals surface area contributed by atoms with Crippen LogP contribution in [0.15, 0.2) is 145 Å². The maximum Gasteiger partial charge on any atom is 0.164 e. The maximum atomic E-state index is 5.02. The van der Waals surface area contributed by atoms with Gasteiger partial charge in [0.05, 0.1) is 11.2 Å². The molecular formula is C40H29N5. The molecule has 7 aromatic rings. The molecule has 0 spiro atoms. The first-order chi connectivity index (χ1) is 22.2. The number of allylic oxidation sites excluding steroid dienone is 1. The van der Waals surface area contributed by atoms with Gasteiger partial charge in [-0.15, -0.1) is 0 Å². The molecule has 0 aliphatic rings. The largest absolute Gasteiger partial charge is 0.264 e. The molecule has 0 atom stereocenters. The fourth-order valence-electron chi connectivity index (χ4n) is 5.45. The number of rotatable bonds is 7. The van der Waals surface area contributed by atoms with Crippen molar-refractivity contribution >= 4 is 29.4 Å². The molecule has 0 N–H and O–H groups in total. The highest BCUT2D eigenvalue weighted by Crippen LogP contribution is 2.36. The molecule has 0 unspecified atom stereocenters. The van der Waals surface area contributed by atoms with Crippen molar-refractivity contribution in [3.05, 3.63) is 145 Å². The van der Waals surface area contributed by atoms with Crippen LogP contribution < -0.4 is 0 Å². The Morgan fingerprint density at radius 2 is 1.11 bits per heavy atom. The molecule has 0 fully saturated rings. The highest BCUT2D eigenvalue weighted by atomic mass is 15.0. The Hall–Kier alpha value is -6.07. The van der Waals surface area contributed by atoms with Crippen LogP contribution in [-0.2, 0) is 0 Å². The minimum Gasteiger partial charge on any atom is -0.264 e. The zero-order chi connectivity index (χ0) is 30.6. The number of pyridine rings is 1. The Morgan fingerprint density at radius 3 is 1.73 bits per heavy atom. The van der Waals surface area contributed by atoms with E-state index in [1.54, 1.807) is 0 Å². The molecule has 0 aliphatic heterocycles. The van der Waals surface area contributed by atoms with Gasteiger partial charge in [-0.25, -0.2) is 15.0 Å². The minimum absolute atomic E-state index is 0.595. The number of hydrogen-bond donors (Lipinski definition) is 0. The smallest absolute Gasteiger partial charge is 0.164 e. The van der Waals surface area contributed by atoms with E-state index in [9.17, 15) is 0 Å². The Labute approximate surface area is 262 Å². The Kier molecular flexibility index (Phi) is 7.57. The first-order valence-corrected chi connectivity index (χ1v) is 14.8. The van der Waals surface area contributed by atoms with Gasteiger partial charge in [0.25, 0.3) is 0 Å². The summed E-state index contributed by atoms with van der Waals surface area (Å²) in [6.07, 6.45) is 5.87. The second-order valence-electron chi connectivity index (χ2n) is 10.7. The summed E-state index contributed by atoms with van der Waals surface area (Å²) in [7, 11) is 0. The van der Waals surface area contributed by atoms with E-state index in [1.807, 2.05) is 92.0 Å². The van der Waals surface area contributed by atoms with Gasteiger partial charge in [-0.3, -0.25) is 9.98 Å². The van der Waals surface area contributed by atoms with Crippen LogP contribution in [0.4, 0.5) is 5.69 Å². The van der Waals surface area contributed by atoms with Crippen LogP contribution in [0, 0.1) is 0 Å². The number of aliphatic imine (C=N–C) groups is 1. The quantitative estimate of drug-likeness (QED) is 0.176. The highest BCUT2D eigenvalue weighted by Gasteiger charge is 2.15. The second kappa shape index (κ2) is 12.3. The van der Waals surface area contributed by atoms with E-state index in [0.29, 0.717) is 17.5 Å². The number of aromatic nitrogens is 4. The van der Waals surface area contributed by atoms with Crippen LogP contribution in [0.25, 0.3) is 73.4 Å². The van der Waals surface area contributed by atoms with E-state index in [0.717, 1.165) is 61.1 Å². The summed E-state index contributed by atoms with van der Waals surface area (Å²) in [4.78, 5) is 23.9. The van der Waals surface area contributed by atoms with E-state index >= 15 is 0 Å². The third kappa shape index (κ3) is 5.79. The molecule has 5 nitrogen and oxygen atoms in total. The molecule has 0 saturated carbocycles. The predicted octanol–water partition coefficient (Wildman–Crippen LogP) is 10.1. The summed E-state index contributed by atoms with van der Waals surface area (Å²) in [5, 5.41) is 1.09. The third-order valence-electron chi connectivity index (χ3n) is 7.71. The van der Waals surface area contributed by atoms with Crippen molar-refractivity contribution in [3.63, 3.8) is 0 Å². The van der Waals surface area contributed by atoms with Gasteiger partial charge >= 0.3 is 0 Å². The molecule has 0 radical (unpaired) electrons. The summed E-state index contributed by atoms with van der Waals surface area (Å²) < 4.78 is 0. The van der Waals surface area contributed by atoms with Crippen LogP contribution in [0.5, 0.6) is 0 Å². The first kappa shape index (κ1) is 27.7. The van der Waals surface area contributed by atoms with Gasteiger partial charge in [-0.1, -0.05) is 103 Å². The SMILES string of the molecule is C=Nc1cc(-c2cc(-c3ccc4cccnc4c3)cc(-c3nc(-c4ccccc4)nc(-c4ccccc4)n3)c2)ccc1/C=C\C. The van der Waals surface area contributed by atoms with E-state index in [1.165, 1.54) is 0 Å². The van der Waals surface area contributed by atoms with E-state index in [4.69, 9.17) is 15.0 Å². The van der Waals surface area contributed by atoms with Crippen molar-refractivity contribution in [3.8, 4) is 56.4 Å². The fourth-order valence-corrected chi connectivity index (χ4v) is 5.45. The molecule has 2 aromatic heterocycles. The lowest BCUT2D eigenvalue weighted by atomic mass is 9.94. The lowest BCUT2D eigenvalue weighted by molar-refractivity contribution is 1.07. The summed E-state index contributed by atoms with van der Waals surface area (Å²) in [6, 6.07) is 43.2. The molecule has 7 rings (SSSR count). The van der Waals surface area contributed by atoms with E-state index in [-0.39, 0.29) is 0 Å². The normalized spacial score (nSPS) is 11.2. The number of nitrogens with zero attached hydrogens (tertiary/aromatic N) is 5. The summed E-state index contributed by atoms with van der Waals surface area (Å²) >= 11 is 0. The predicted molar refractivity (Wildman–Crippen MR) is 186 cm³/mol. The van der Waals surface area contributed by atoms with Crippen molar-refractivity contribution in [2.75, 3.05) is 0 Å². The van der Waals surface area contributed by atoms with Gasteiger partial charge in [-0.2, -0.15) is 0 Å². The van der Waals surface area contributed by atoms with Gasteiger partial charge in [0.2, 0.25) is 0 Å². The second-order valence-corrected chi connectivity index (χ2v) is 10.7. The number of hydrogen-bond acceptors (Lipinski definition) is 5. The molecule has 2 heterocycles. The van der Waals surface area contributed by atoms with Crippen LogP contribution in [0.2, 0.25) is 0 Å². The number of fused-ring (bicyclic) bond motifs is 1. The number of benzene rings is 5. The standard InChI is InChI=1S/C40H29N5/c1-3-11-27-17-19-31(25-36(27)41-2)33-22-34(32-20-18-28-16-10-21-42-37(28)26-32)24-35(23-33)40-44-38(29-12-6-4-7-13-29)43-39(45-40)30-14-8-5-9-15-30/h3-26H,2H2,1H3/b11-3-. The van der Waals surface area contributed by atoms with Crippen LogP contribution in [-0.4, -0.2) is 26.7 Å². The Balaban J connectivity index is 1.46. The summed E-state index contributed by atoms with van der Waals surface area (Å²) in [5.41, 5.74) is 9.64. The zero-order valence-electron chi connectivity index (χ0n) is 24.8. The average molecular weight is 580 g/mol. The summed E-state index contributed by atoms with van der Waals surface area (Å²) in [6.45, 7) is 5.82. The van der Waals surface area contributed by atoms with Crippen molar-refractivity contribution in [1.29, 1.82) is 0 Å². The van der Waals surface area contributed by atoms with E-state index < -0.39 is 0 Å². The molecule has 0 bridgehead atoms. The van der Waals surface area contributed by atoms with Crippen molar-refractivity contribution < 1.29 is 0 Å². The molecular weight excluding hydrogens is 550 g/mol.